The minimum atomic E-state index is -5.14. The van der Waals surface area contributed by atoms with Gasteiger partial charge in [-0.25, -0.2) is 4.98 Å². The summed E-state index contributed by atoms with van der Waals surface area (Å²) in [6, 6.07) is 0.544. The zero-order valence-corrected chi connectivity index (χ0v) is 17.4. The zero-order chi connectivity index (χ0) is 24.1. The van der Waals surface area contributed by atoms with E-state index in [0.29, 0.717) is 6.07 Å². The topological polar surface area (TPSA) is 107 Å². The van der Waals surface area contributed by atoms with E-state index in [0.717, 1.165) is 0 Å². The van der Waals surface area contributed by atoms with Gasteiger partial charge in [0.05, 0.1) is 11.8 Å². The highest BCUT2D eigenvalue weighted by Crippen LogP contribution is 2.45. The number of ether oxygens (including phenoxy) is 1. The van der Waals surface area contributed by atoms with Crippen molar-refractivity contribution in [3.05, 3.63) is 17.5 Å². The molecule has 4 atom stereocenters. The molecule has 0 fully saturated rings. The smallest absolute Gasteiger partial charge is 0.426 e. The van der Waals surface area contributed by atoms with Gasteiger partial charge in [-0.1, -0.05) is 13.8 Å². The quantitative estimate of drug-likeness (QED) is 0.540. The van der Waals surface area contributed by atoms with Crippen LogP contribution in [0.4, 0.5) is 32.0 Å². The third kappa shape index (κ3) is 4.48. The number of nitrogens with zero attached hydrogens (tertiary/aromatic N) is 3. The van der Waals surface area contributed by atoms with Crippen LogP contribution >= 0.6 is 0 Å². The van der Waals surface area contributed by atoms with E-state index in [-0.39, 0.29) is 24.7 Å². The van der Waals surface area contributed by atoms with Crippen LogP contribution in [0.1, 0.15) is 51.5 Å². The number of rotatable bonds is 0. The molecule has 0 aromatic carbocycles. The van der Waals surface area contributed by atoms with E-state index in [1.54, 1.807) is 13.8 Å². The Morgan fingerprint density at radius 3 is 2.34 bits per heavy atom. The zero-order valence-electron chi connectivity index (χ0n) is 17.4. The molecule has 0 aliphatic carbocycles. The van der Waals surface area contributed by atoms with Crippen molar-refractivity contribution in [2.24, 2.45) is 11.8 Å². The fourth-order valence-electron chi connectivity index (χ4n) is 3.55. The van der Waals surface area contributed by atoms with Gasteiger partial charge < -0.3 is 20.0 Å². The number of nitrogen functional groups attached to an aromatic ring is 1. The second-order valence-corrected chi connectivity index (χ2v) is 8.20. The molecule has 1 aliphatic rings. The third-order valence-electron chi connectivity index (χ3n) is 5.72. The number of alkyl halides is 6. The first kappa shape index (κ1) is 24.1. The van der Waals surface area contributed by atoms with Crippen molar-refractivity contribution in [1.29, 1.82) is 0 Å². The van der Waals surface area contributed by atoms with E-state index >= 15 is 0 Å². The van der Waals surface area contributed by atoms with Gasteiger partial charge in [0, 0.05) is 0 Å². The average Bonchev–Trinajstić information content (AvgIpc) is 3.14. The number of fused-ring (bicyclic) bond motifs is 5. The molecule has 7 nitrogen and oxygen atoms in total. The molecule has 2 aromatic rings. The Bertz CT molecular complexity index is 977. The molecule has 0 saturated carbocycles. The maximum Gasteiger partial charge on any atom is 0.426 e. The summed E-state index contributed by atoms with van der Waals surface area (Å²) in [5.74, 6) is -3.21. The Morgan fingerprint density at radius 1 is 1.09 bits per heavy atom. The van der Waals surface area contributed by atoms with Gasteiger partial charge in [-0.05, 0) is 44.1 Å². The lowest BCUT2D eigenvalue weighted by atomic mass is 9.83. The molecular weight excluding hydrogens is 446 g/mol. The molecule has 13 heteroatoms. The van der Waals surface area contributed by atoms with E-state index in [1.165, 1.54) is 6.92 Å². The third-order valence-corrected chi connectivity index (χ3v) is 5.72. The molecule has 2 aromatic heterocycles. The van der Waals surface area contributed by atoms with Crippen LogP contribution < -0.4 is 10.5 Å². The summed E-state index contributed by atoms with van der Waals surface area (Å²) >= 11 is 0. The number of hydrogen-bond acceptors (Lipinski definition) is 7. The Labute approximate surface area is 179 Å². The highest BCUT2D eigenvalue weighted by molar-refractivity contribution is 5.68. The molecule has 0 spiro atoms. The summed E-state index contributed by atoms with van der Waals surface area (Å²) in [6.07, 6.45) is -11.3. The maximum absolute atomic E-state index is 13.8. The van der Waals surface area contributed by atoms with Crippen molar-refractivity contribution in [2.75, 3.05) is 5.73 Å². The summed E-state index contributed by atoms with van der Waals surface area (Å²) in [4.78, 5) is 3.75. The van der Waals surface area contributed by atoms with Crippen molar-refractivity contribution in [3.63, 3.8) is 0 Å². The molecule has 3 N–H and O–H groups in total. The van der Waals surface area contributed by atoms with Crippen LogP contribution in [0, 0.1) is 11.8 Å². The fourth-order valence-corrected chi connectivity index (χ4v) is 3.55. The molecule has 2 unspecified atom stereocenters. The van der Waals surface area contributed by atoms with Crippen molar-refractivity contribution in [2.45, 2.75) is 64.1 Å². The fraction of sp³-hybridized carbons (Fsp3) is 0.632. The van der Waals surface area contributed by atoms with Crippen molar-refractivity contribution in [1.82, 2.24) is 15.2 Å². The molecule has 1 aliphatic heterocycles. The Hall–Kier alpha value is -2.57. The number of nitrogens with two attached hydrogens (primary N) is 1. The first-order chi connectivity index (χ1) is 14.6. The van der Waals surface area contributed by atoms with Gasteiger partial charge in [-0.15, -0.1) is 10.2 Å². The number of pyridine rings is 1. The molecule has 3 rings (SSSR count). The maximum atomic E-state index is 13.8. The summed E-state index contributed by atoms with van der Waals surface area (Å²) in [6.45, 7) is 4.95. The van der Waals surface area contributed by atoms with Crippen molar-refractivity contribution >= 4 is 5.69 Å². The molecule has 0 saturated heterocycles. The lowest BCUT2D eigenvalue weighted by molar-refractivity contribution is -0.278. The van der Waals surface area contributed by atoms with Crippen LogP contribution in [0.15, 0.2) is 10.5 Å². The standard InChI is InChI=1S/C19H22F6N4O3/c1-8-4-5-17(30,19(23,24)25)16-29-28-15(32-16)13-12(26)7-11(18(20,21)22)14(27-13)31-10(3)6-9(8)2/h7-10,30H,4-6,26H2,1-3H3/t8?,9?,10-,17-/m1/s1. The Morgan fingerprint density at radius 2 is 1.75 bits per heavy atom. The van der Waals surface area contributed by atoms with Crippen LogP contribution in [-0.4, -0.2) is 32.6 Å². The monoisotopic (exact) mass is 468 g/mol. The highest BCUT2D eigenvalue weighted by atomic mass is 19.4. The lowest BCUT2D eigenvalue weighted by Crippen LogP contribution is -2.43. The Kier molecular flexibility index (Phi) is 6.09. The minimum Gasteiger partial charge on any atom is -0.474 e. The number of hydrogen-bond donors (Lipinski definition) is 2. The minimum absolute atomic E-state index is 0.0684. The van der Waals surface area contributed by atoms with Gasteiger partial charge in [-0.2, -0.15) is 26.3 Å². The van der Waals surface area contributed by atoms with Crippen molar-refractivity contribution in [3.8, 4) is 17.5 Å². The second kappa shape index (κ2) is 8.09. The molecule has 0 radical (unpaired) electrons. The van der Waals surface area contributed by atoms with Gasteiger partial charge in [-0.3, -0.25) is 0 Å². The first-order valence-electron chi connectivity index (χ1n) is 9.81. The predicted octanol–water partition coefficient (Wildman–Crippen LogP) is 4.71. The Balaban J connectivity index is 2.21. The summed E-state index contributed by atoms with van der Waals surface area (Å²) in [5.41, 5.74) is -0.0645. The van der Waals surface area contributed by atoms with Gasteiger partial charge in [0.25, 0.3) is 11.8 Å². The molecule has 4 bridgehead atoms. The molecule has 178 valence electrons. The van der Waals surface area contributed by atoms with Crippen LogP contribution in [0.2, 0.25) is 0 Å². The number of anilines is 1. The molecular formula is C19H22F6N4O3. The second-order valence-electron chi connectivity index (χ2n) is 8.20. The van der Waals surface area contributed by atoms with E-state index in [1.807, 2.05) is 0 Å². The lowest BCUT2D eigenvalue weighted by Gasteiger charge is -2.30. The normalized spacial score (nSPS) is 27.5. The number of halogens is 6. The number of aromatic nitrogens is 3. The van der Waals surface area contributed by atoms with Gasteiger partial charge in [0.15, 0.2) is 5.69 Å². The van der Waals surface area contributed by atoms with Crippen LogP contribution in [-0.2, 0) is 11.8 Å². The van der Waals surface area contributed by atoms with Crippen molar-refractivity contribution < 1.29 is 40.6 Å². The molecule has 3 heterocycles. The van der Waals surface area contributed by atoms with Crippen LogP contribution in [0.3, 0.4) is 0 Å². The first-order valence-corrected chi connectivity index (χ1v) is 9.81. The SMILES string of the molecule is CC1CC[C@](O)(C(F)(F)F)c2nnc(o2)-c2nc(c(C(F)(F)F)cc2N)O[C@H](C)CC1C. The highest BCUT2D eigenvalue weighted by Gasteiger charge is 2.58. The summed E-state index contributed by atoms with van der Waals surface area (Å²) in [7, 11) is 0. The van der Waals surface area contributed by atoms with E-state index in [4.69, 9.17) is 14.9 Å². The predicted molar refractivity (Wildman–Crippen MR) is 99.2 cm³/mol. The summed E-state index contributed by atoms with van der Waals surface area (Å²) < 4.78 is 92.4. The molecule has 0 amide bonds. The van der Waals surface area contributed by atoms with Gasteiger partial charge >= 0.3 is 12.4 Å². The van der Waals surface area contributed by atoms with E-state index < -0.39 is 65.1 Å². The van der Waals surface area contributed by atoms with E-state index in [9.17, 15) is 31.4 Å². The van der Waals surface area contributed by atoms with Gasteiger partial charge in [0.2, 0.25) is 11.5 Å². The van der Waals surface area contributed by atoms with E-state index in [2.05, 4.69) is 15.2 Å². The number of aliphatic hydroxyl groups is 1. The molecule has 32 heavy (non-hydrogen) atoms. The largest absolute Gasteiger partial charge is 0.474 e. The van der Waals surface area contributed by atoms with Crippen LogP contribution in [0.25, 0.3) is 11.6 Å². The average molecular weight is 468 g/mol. The summed E-state index contributed by atoms with van der Waals surface area (Å²) in [5, 5.41) is 17.2. The van der Waals surface area contributed by atoms with Crippen LogP contribution in [0.5, 0.6) is 5.88 Å². The van der Waals surface area contributed by atoms with Gasteiger partial charge in [0.1, 0.15) is 5.56 Å².